The lowest BCUT2D eigenvalue weighted by Gasteiger charge is -2.13. The second-order valence-corrected chi connectivity index (χ2v) is 6.12. The van der Waals surface area contributed by atoms with Crippen LogP contribution in [0.4, 0.5) is 0 Å². The van der Waals surface area contributed by atoms with E-state index in [0.29, 0.717) is 11.7 Å². The topological polar surface area (TPSA) is 64.9 Å². The van der Waals surface area contributed by atoms with Gasteiger partial charge in [0.05, 0.1) is 5.92 Å². The van der Waals surface area contributed by atoms with E-state index in [2.05, 4.69) is 36.1 Å². The van der Waals surface area contributed by atoms with Crippen LogP contribution in [-0.4, -0.2) is 21.9 Å². The van der Waals surface area contributed by atoms with E-state index in [-0.39, 0.29) is 12.0 Å². The van der Waals surface area contributed by atoms with Gasteiger partial charge >= 0.3 is 0 Å². The third-order valence-electron chi connectivity index (χ3n) is 3.26. The summed E-state index contributed by atoms with van der Waals surface area (Å²) in [6.45, 7) is 6.19. The molecule has 1 heterocycles. The van der Waals surface area contributed by atoms with Gasteiger partial charge in [-0.15, -0.1) is 11.8 Å². The quantitative estimate of drug-likeness (QED) is 0.822. The van der Waals surface area contributed by atoms with Crippen molar-refractivity contribution in [2.75, 3.05) is 5.75 Å². The molecule has 4 nitrogen and oxygen atoms in total. The van der Waals surface area contributed by atoms with Gasteiger partial charge in [-0.25, -0.2) is 0 Å². The first kappa shape index (κ1) is 15.1. The molecule has 108 valence electrons. The Bertz CT molecular complexity index is 536. The number of aromatic nitrogens is 2. The molecule has 1 aromatic heterocycles. The molecule has 2 N–H and O–H groups in total. The van der Waals surface area contributed by atoms with Gasteiger partial charge in [0.2, 0.25) is 11.7 Å². The summed E-state index contributed by atoms with van der Waals surface area (Å²) < 4.78 is 5.36. The molecule has 0 amide bonds. The maximum Gasteiger partial charge on any atom is 0.231 e. The molecular weight excluding hydrogens is 270 g/mol. The van der Waals surface area contributed by atoms with Gasteiger partial charge in [0.25, 0.3) is 0 Å². The van der Waals surface area contributed by atoms with Gasteiger partial charge in [0.15, 0.2) is 0 Å². The minimum Gasteiger partial charge on any atom is -0.339 e. The van der Waals surface area contributed by atoms with Gasteiger partial charge < -0.3 is 10.3 Å². The molecule has 0 aliphatic rings. The Morgan fingerprint density at radius 2 is 1.95 bits per heavy atom. The second-order valence-electron chi connectivity index (χ2n) is 4.79. The number of hydrogen-bond acceptors (Lipinski definition) is 5. The molecule has 0 saturated heterocycles. The predicted octanol–water partition coefficient (Wildman–Crippen LogP) is 3.69. The third-order valence-corrected chi connectivity index (χ3v) is 4.15. The zero-order valence-electron chi connectivity index (χ0n) is 12.2. The summed E-state index contributed by atoms with van der Waals surface area (Å²) in [5.74, 6) is 2.45. The highest BCUT2D eigenvalue weighted by atomic mass is 32.2. The van der Waals surface area contributed by atoms with E-state index in [1.807, 2.05) is 30.8 Å². The Hall–Kier alpha value is -1.33. The lowest BCUT2D eigenvalue weighted by atomic mass is 9.99. The lowest BCUT2D eigenvalue weighted by molar-refractivity contribution is 0.334. The van der Waals surface area contributed by atoms with E-state index in [9.17, 15) is 0 Å². The standard InChI is InChI=1S/C15H21N3OS/c1-4-13(10(3)16)15-17-14(18-19-15)11-6-8-12(9-7-11)20-5-2/h6-10,13H,4-5,16H2,1-3H3. The molecular formula is C15H21N3OS. The minimum atomic E-state index is 0.0108. The van der Waals surface area contributed by atoms with E-state index in [1.54, 1.807) is 0 Å². The zero-order chi connectivity index (χ0) is 14.5. The summed E-state index contributed by atoms with van der Waals surface area (Å²) in [5.41, 5.74) is 6.92. The van der Waals surface area contributed by atoms with Crippen molar-refractivity contribution in [1.82, 2.24) is 10.1 Å². The van der Waals surface area contributed by atoms with Gasteiger partial charge in [-0.2, -0.15) is 4.98 Å². The number of nitrogens with zero attached hydrogens (tertiary/aromatic N) is 2. The van der Waals surface area contributed by atoms with Crippen LogP contribution < -0.4 is 5.73 Å². The van der Waals surface area contributed by atoms with Crippen LogP contribution in [0.3, 0.4) is 0 Å². The minimum absolute atomic E-state index is 0.0108. The highest BCUT2D eigenvalue weighted by Gasteiger charge is 2.21. The summed E-state index contributed by atoms with van der Waals surface area (Å²) in [4.78, 5) is 5.74. The number of hydrogen-bond donors (Lipinski definition) is 1. The molecule has 2 rings (SSSR count). The largest absolute Gasteiger partial charge is 0.339 e. The van der Waals surface area contributed by atoms with Crippen molar-refractivity contribution >= 4 is 11.8 Å². The van der Waals surface area contributed by atoms with Gasteiger partial charge in [-0.1, -0.05) is 19.0 Å². The van der Waals surface area contributed by atoms with Crippen molar-refractivity contribution in [3.63, 3.8) is 0 Å². The maximum absolute atomic E-state index is 5.95. The van der Waals surface area contributed by atoms with E-state index in [4.69, 9.17) is 10.3 Å². The molecule has 2 unspecified atom stereocenters. The predicted molar refractivity (Wildman–Crippen MR) is 82.8 cm³/mol. The van der Waals surface area contributed by atoms with Crippen molar-refractivity contribution in [2.45, 2.75) is 44.0 Å². The van der Waals surface area contributed by atoms with Gasteiger partial charge in [0.1, 0.15) is 0 Å². The first-order valence-corrected chi connectivity index (χ1v) is 7.96. The fraction of sp³-hybridized carbons (Fsp3) is 0.467. The molecule has 0 aliphatic heterocycles. The number of benzene rings is 1. The normalized spacial score (nSPS) is 14.2. The molecule has 5 heteroatoms. The molecule has 1 aromatic carbocycles. The molecule has 0 saturated carbocycles. The average Bonchev–Trinajstić information content (AvgIpc) is 2.90. The smallest absolute Gasteiger partial charge is 0.231 e. The summed E-state index contributed by atoms with van der Waals surface area (Å²) in [7, 11) is 0. The fourth-order valence-corrected chi connectivity index (χ4v) is 2.80. The van der Waals surface area contributed by atoms with Crippen LogP contribution in [0.5, 0.6) is 0 Å². The van der Waals surface area contributed by atoms with Crippen LogP contribution in [0.2, 0.25) is 0 Å². The highest BCUT2D eigenvalue weighted by molar-refractivity contribution is 7.99. The molecule has 0 aliphatic carbocycles. The number of nitrogens with two attached hydrogens (primary N) is 1. The number of thioether (sulfide) groups is 1. The van der Waals surface area contributed by atoms with Crippen LogP contribution in [-0.2, 0) is 0 Å². The molecule has 0 bridgehead atoms. The molecule has 2 atom stereocenters. The average molecular weight is 291 g/mol. The Kier molecular flexibility index (Phi) is 5.20. The second kappa shape index (κ2) is 6.90. The Labute approximate surface area is 124 Å². The fourth-order valence-electron chi connectivity index (χ4n) is 2.14. The third kappa shape index (κ3) is 3.41. The van der Waals surface area contributed by atoms with Gasteiger partial charge in [-0.3, -0.25) is 0 Å². The summed E-state index contributed by atoms with van der Waals surface area (Å²) in [5, 5.41) is 4.06. The zero-order valence-corrected chi connectivity index (χ0v) is 13.0. The molecule has 20 heavy (non-hydrogen) atoms. The van der Waals surface area contributed by atoms with E-state index in [0.717, 1.165) is 17.7 Å². The van der Waals surface area contributed by atoms with Gasteiger partial charge in [-0.05, 0) is 43.4 Å². The van der Waals surface area contributed by atoms with Crippen molar-refractivity contribution in [1.29, 1.82) is 0 Å². The van der Waals surface area contributed by atoms with Crippen LogP contribution in [0.25, 0.3) is 11.4 Å². The summed E-state index contributed by atoms with van der Waals surface area (Å²) in [6, 6.07) is 8.24. The van der Waals surface area contributed by atoms with Crippen LogP contribution in [0.15, 0.2) is 33.7 Å². The van der Waals surface area contributed by atoms with Crippen molar-refractivity contribution < 1.29 is 4.52 Å². The Morgan fingerprint density at radius 1 is 1.25 bits per heavy atom. The first-order valence-electron chi connectivity index (χ1n) is 6.98. The SMILES string of the molecule is CCSc1ccc(-c2noc(C(CC)C(C)N)n2)cc1. The van der Waals surface area contributed by atoms with Gasteiger partial charge in [0, 0.05) is 16.5 Å². The molecule has 0 radical (unpaired) electrons. The van der Waals surface area contributed by atoms with Crippen LogP contribution >= 0.6 is 11.8 Å². The maximum atomic E-state index is 5.95. The van der Waals surface area contributed by atoms with E-state index in [1.165, 1.54) is 4.90 Å². The van der Waals surface area contributed by atoms with Crippen LogP contribution in [0.1, 0.15) is 39.0 Å². The Morgan fingerprint density at radius 3 is 2.50 bits per heavy atom. The Balaban J connectivity index is 2.19. The number of rotatable bonds is 6. The summed E-state index contributed by atoms with van der Waals surface area (Å²) >= 11 is 1.82. The monoisotopic (exact) mass is 291 g/mol. The summed E-state index contributed by atoms with van der Waals surface area (Å²) in [6.07, 6.45) is 0.894. The van der Waals surface area contributed by atoms with Crippen molar-refractivity contribution in [2.24, 2.45) is 5.73 Å². The lowest BCUT2D eigenvalue weighted by Crippen LogP contribution is -2.24. The molecule has 0 fully saturated rings. The van der Waals surface area contributed by atoms with E-state index < -0.39 is 0 Å². The van der Waals surface area contributed by atoms with Crippen molar-refractivity contribution in [3.8, 4) is 11.4 Å². The molecule has 2 aromatic rings. The molecule has 0 spiro atoms. The van der Waals surface area contributed by atoms with Crippen LogP contribution in [0, 0.1) is 0 Å². The van der Waals surface area contributed by atoms with E-state index >= 15 is 0 Å². The highest BCUT2D eigenvalue weighted by Crippen LogP contribution is 2.25. The first-order chi connectivity index (χ1) is 9.65. The van der Waals surface area contributed by atoms with Crippen molar-refractivity contribution in [3.05, 3.63) is 30.2 Å².